The zero-order valence-corrected chi connectivity index (χ0v) is 19.3. The number of rotatable bonds is 6. The fourth-order valence-corrected chi connectivity index (χ4v) is 5.43. The SMILES string of the molecule is CCOc1c(C(=O)NC2CC3CCC(C2)N3Cc2ccccc2)ccc2ccccc12.Cl. The van der Waals surface area contributed by atoms with Gasteiger partial charge in [-0.15, -0.1) is 12.4 Å². The summed E-state index contributed by atoms with van der Waals surface area (Å²) in [5, 5.41) is 5.43. The minimum atomic E-state index is -0.0184. The third kappa shape index (κ3) is 4.48. The van der Waals surface area contributed by atoms with Crippen LogP contribution in [0.1, 0.15) is 48.5 Å². The van der Waals surface area contributed by atoms with Crippen molar-refractivity contribution in [1.29, 1.82) is 0 Å². The predicted molar refractivity (Wildman–Crippen MR) is 132 cm³/mol. The highest BCUT2D eigenvalue weighted by Crippen LogP contribution is 2.37. The van der Waals surface area contributed by atoms with Gasteiger partial charge in [0, 0.05) is 30.1 Å². The van der Waals surface area contributed by atoms with Crippen LogP contribution in [0.15, 0.2) is 66.7 Å². The molecule has 0 aliphatic carbocycles. The maximum absolute atomic E-state index is 13.3. The van der Waals surface area contributed by atoms with Gasteiger partial charge >= 0.3 is 0 Å². The van der Waals surface area contributed by atoms with Crippen LogP contribution < -0.4 is 10.1 Å². The van der Waals surface area contributed by atoms with Gasteiger partial charge in [-0.1, -0.05) is 60.7 Å². The smallest absolute Gasteiger partial charge is 0.255 e. The van der Waals surface area contributed by atoms with E-state index in [4.69, 9.17) is 4.74 Å². The third-order valence-electron chi connectivity index (χ3n) is 6.84. The second-order valence-corrected chi connectivity index (χ2v) is 8.78. The van der Waals surface area contributed by atoms with Crippen molar-refractivity contribution in [3.05, 3.63) is 77.9 Å². The number of nitrogens with one attached hydrogen (secondary N) is 1. The number of carbonyl (C=O) groups excluding carboxylic acids is 1. The number of carbonyl (C=O) groups is 1. The van der Waals surface area contributed by atoms with E-state index in [2.05, 4.69) is 46.6 Å². The van der Waals surface area contributed by atoms with Crippen molar-refractivity contribution in [1.82, 2.24) is 10.2 Å². The molecule has 2 bridgehead atoms. The van der Waals surface area contributed by atoms with Gasteiger partial charge in [-0.2, -0.15) is 0 Å². The molecular weight excluding hydrogens is 420 g/mol. The van der Waals surface area contributed by atoms with Crippen LogP contribution in [0.3, 0.4) is 0 Å². The van der Waals surface area contributed by atoms with Crippen molar-refractivity contribution in [3.8, 4) is 5.75 Å². The van der Waals surface area contributed by atoms with E-state index in [0.29, 0.717) is 30.0 Å². The van der Waals surface area contributed by atoms with Gasteiger partial charge in [-0.3, -0.25) is 9.69 Å². The van der Waals surface area contributed by atoms with Gasteiger partial charge in [0.15, 0.2) is 0 Å². The van der Waals surface area contributed by atoms with Gasteiger partial charge in [0.2, 0.25) is 0 Å². The van der Waals surface area contributed by atoms with Gasteiger partial charge in [0.1, 0.15) is 5.75 Å². The molecule has 2 unspecified atom stereocenters. The average Bonchev–Trinajstić information content (AvgIpc) is 3.02. The molecule has 0 radical (unpaired) electrons. The molecule has 2 aliphatic rings. The van der Waals surface area contributed by atoms with E-state index in [1.807, 2.05) is 37.3 Å². The normalized spacial score (nSPS) is 22.3. The lowest BCUT2D eigenvalue weighted by atomic mass is 9.96. The zero-order chi connectivity index (χ0) is 21.2. The number of ether oxygens (including phenoxy) is 1. The average molecular weight is 451 g/mol. The molecule has 0 aromatic heterocycles. The predicted octanol–water partition coefficient (Wildman–Crippen LogP) is 5.59. The molecule has 5 heteroatoms. The number of amides is 1. The number of piperidine rings is 1. The summed E-state index contributed by atoms with van der Waals surface area (Å²) in [6.45, 7) is 3.51. The van der Waals surface area contributed by atoms with Crippen LogP contribution in [0, 0.1) is 0 Å². The minimum Gasteiger partial charge on any atom is -0.492 e. The first kappa shape index (κ1) is 22.6. The highest BCUT2D eigenvalue weighted by molar-refractivity contribution is 6.04. The number of benzene rings is 3. The molecule has 4 nitrogen and oxygen atoms in total. The molecule has 3 aromatic rings. The molecule has 2 aliphatic heterocycles. The fraction of sp³-hybridized carbons (Fsp3) is 0.370. The van der Waals surface area contributed by atoms with Crippen LogP contribution in [0.25, 0.3) is 10.8 Å². The number of hydrogen-bond donors (Lipinski definition) is 1. The quantitative estimate of drug-likeness (QED) is 0.532. The van der Waals surface area contributed by atoms with Crippen molar-refractivity contribution in [2.75, 3.05) is 6.61 Å². The molecular formula is C27H31ClN2O2. The Morgan fingerprint density at radius 3 is 2.38 bits per heavy atom. The third-order valence-corrected chi connectivity index (χ3v) is 6.84. The van der Waals surface area contributed by atoms with Crippen LogP contribution >= 0.6 is 12.4 Å². The van der Waals surface area contributed by atoms with Crippen molar-refractivity contribution < 1.29 is 9.53 Å². The van der Waals surface area contributed by atoms with Crippen LogP contribution in [-0.4, -0.2) is 35.5 Å². The Hall–Kier alpha value is -2.56. The Kier molecular flexibility index (Phi) is 7.02. The van der Waals surface area contributed by atoms with E-state index in [0.717, 1.165) is 30.2 Å². The first-order valence-electron chi connectivity index (χ1n) is 11.5. The fourth-order valence-electron chi connectivity index (χ4n) is 5.43. The molecule has 2 atom stereocenters. The molecule has 3 aromatic carbocycles. The summed E-state index contributed by atoms with van der Waals surface area (Å²) in [7, 11) is 0. The lowest BCUT2D eigenvalue weighted by molar-refractivity contribution is 0.0825. The molecule has 168 valence electrons. The van der Waals surface area contributed by atoms with Crippen molar-refractivity contribution in [2.24, 2.45) is 0 Å². The van der Waals surface area contributed by atoms with E-state index >= 15 is 0 Å². The van der Waals surface area contributed by atoms with Crippen LogP contribution in [0.2, 0.25) is 0 Å². The van der Waals surface area contributed by atoms with Crippen LogP contribution in [-0.2, 0) is 6.54 Å². The first-order valence-corrected chi connectivity index (χ1v) is 11.5. The molecule has 1 N–H and O–H groups in total. The molecule has 2 saturated heterocycles. The number of halogens is 1. The maximum atomic E-state index is 13.3. The Morgan fingerprint density at radius 1 is 0.969 bits per heavy atom. The van der Waals surface area contributed by atoms with E-state index in [9.17, 15) is 4.79 Å². The van der Waals surface area contributed by atoms with E-state index in [1.54, 1.807) is 0 Å². The van der Waals surface area contributed by atoms with Gasteiger partial charge in [-0.25, -0.2) is 0 Å². The zero-order valence-electron chi connectivity index (χ0n) is 18.5. The lowest BCUT2D eigenvalue weighted by Gasteiger charge is -2.39. The molecule has 0 saturated carbocycles. The first-order chi connectivity index (χ1) is 15.2. The van der Waals surface area contributed by atoms with Crippen molar-refractivity contribution in [3.63, 3.8) is 0 Å². The van der Waals surface area contributed by atoms with Gasteiger partial charge < -0.3 is 10.1 Å². The van der Waals surface area contributed by atoms with E-state index in [1.165, 1.54) is 18.4 Å². The summed E-state index contributed by atoms with van der Waals surface area (Å²) in [6.07, 6.45) is 4.49. The summed E-state index contributed by atoms with van der Waals surface area (Å²) in [5.74, 6) is 0.678. The molecule has 2 heterocycles. The van der Waals surface area contributed by atoms with E-state index in [-0.39, 0.29) is 24.4 Å². The summed E-state index contributed by atoms with van der Waals surface area (Å²) in [6, 6.07) is 24.0. The summed E-state index contributed by atoms with van der Waals surface area (Å²) in [5.41, 5.74) is 2.01. The molecule has 2 fully saturated rings. The summed E-state index contributed by atoms with van der Waals surface area (Å²) < 4.78 is 5.93. The Labute approximate surface area is 196 Å². The largest absolute Gasteiger partial charge is 0.492 e. The summed E-state index contributed by atoms with van der Waals surface area (Å²) >= 11 is 0. The number of hydrogen-bond acceptors (Lipinski definition) is 3. The van der Waals surface area contributed by atoms with Crippen LogP contribution in [0.4, 0.5) is 0 Å². The van der Waals surface area contributed by atoms with Gasteiger partial charge in [0.05, 0.1) is 12.2 Å². The Morgan fingerprint density at radius 2 is 1.66 bits per heavy atom. The van der Waals surface area contributed by atoms with Gasteiger partial charge in [0.25, 0.3) is 5.91 Å². The Bertz CT molecular complexity index is 1060. The van der Waals surface area contributed by atoms with Gasteiger partial charge in [-0.05, 0) is 49.6 Å². The maximum Gasteiger partial charge on any atom is 0.255 e. The highest BCUT2D eigenvalue weighted by Gasteiger charge is 2.41. The standard InChI is InChI=1S/C27H30N2O2.ClH/c1-2-31-26-24-11-7-6-10-20(24)12-15-25(26)27(30)28-21-16-22-13-14-23(17-21)29(22)18-19-8-4-3-5-9-19;/h3-12,15,21-23H,2,13-14,16-18H2,1H3,(H,28,30);1H. The Balaban J connectivity index is 0.00000245. The molecule has 5 rings (SSSR count). The second kappa shape index (κ2) is 9.93. The topological polar surface area (TPSA) is 41.6 Å². The highest BCUT2D eigenvalue weighted by atomic mass is 35.5. The minimum absolute atomic E-state index is 0. The lowest BCUT2D eigenvalue weighted by Crippen LogP contribution is -2.50. The van der Waals surface area contributed by atoms with E-state index < -0.39 is 0 Å². The number of fused-ring (bicyclic) bond motifs is 3. The van der Waals surface area contributed by atoms with Crippen molar-refractivity contribution >= 4 is 29.1 Å². The molecule has 1 amide bonds. The number of nitrogens with zero attached hydrogens (tertiary/aromatic N) is 1. The van der Waals surface area contributed by atoms with Crippen LogP contribution in [0.5, 0.6) is 5.75 Å². The monoisotopic (exact) mass is 450 g/mol. The second-order valence-electron chi connectivity index (χ2n) is 8.78. The summed E-state index contributed by atoms with van der Waals surface area (Å²) in [4.78, 5) is 15.9. The molecule has 0 spiro atoms. The molecule has 32 heavy (non-hydrogen) atoms. The van der Waals surface area contributed by atoms with Crippen molar-refractivity contribution in [2.45, 2.75) is 57.3 Å².